The molecule has 4 rings (SSSR count). The average Bonchev–Trinajstić information content (AvgIpc) is 3.36. The minimum Gasteiger partial charge on any atom is -0.462 e. The summed E-state index contributed by atoms with van der Waals surface area (Å²) in [6.07, 6.45) is 1.26. The van der Waals surface area contributed by atoms with E-state index in [0.717, 1.165) is 59.7 Å². The molecule has 0 bridgehead atoms. The van der Waals surface area contributed by atoms with E-state index in [9.17, 15) is 22.8 Å². The molecule has 0 radical (unpaired) electrons. The quantitative estimate of drug-likeness (QED) is 0.601. The highest BCUT2D eigenvalue weighted by Crippen LogP contribution is 2.42. The number of hydrogen-bond donors (Lipinski definition) is 1. The molecule has 1 N–H and O–H groups in total. The maximum atomic E-state index is 13.1. The standard InChI is InChI=1S/C21H24F3N3O3S/c1-2-9-30-20(29)18-13-5-3-4-6-15(13)31-19(18)25-17(28)11-27-14(12-7-8-12)10-16(26-27)21(22,23)24/h10,12H,2-9,11H2,1H3,(H,25,28). The monoisotopic (exact) mass is 455 g/mol. The summed E-state index contributed by atoms with van der Waals surface area (Å²) in [7, 11) is 0. The number of fused-ring (bicyclic) bond motifs is 1. The van der Waals surface area contributed by atoms with Crippen LogP contribution in [0.15, 0.2) is 6.07 Å². The molecule has 0 atom stereocenters. The molecule has 0 spiro atoms. The van der Waals surface area contributed by atoms with E-state index in [0.29, 0.717) is 22.7 Å². The Bertz CT molecular complexity index is 992. The van der Waals surface area contributed by atoms with Gasteiger partial charge in [-0.2, -0.15) is 18.3 Å². The van der Waals surface area contributed by atoms with E-state index in [-0.39, 0.29) is 19.1 Å². The number of ether oxygens (including phenoxy) is 1. The summed E-state index contributed by atoms with van der Waals surface area (Å²) >= 11 is 1.35. The highest BCUT2D eigenvalue weighted by atomic mass is 32.1. The maximum absolute atomic E-state index is 13.1. The molecule has 2 aromatic rings. The number of hydrogen-bond acceptors (Lipinski definition) is 5. The third-order valence-electron chi connectivity index (χ3n) is 5.46. The van der Waals surface area contributed by atoms with Crippen molar-refractivity contribution in [3.05, 3.63) is 33.5 Å². The zero-order valence-corrected chi connectivity index (χ0v) is 18.0. The van der Waals surface area contributed by atoms with Crippen LogP contribution in [0.5, 0.6) is 0 Å². The normalized spacial score (nSPS) is 16.1. The number of nitrogens with zero attached hydrogens (tertiary/aromatic N) is 2. The zero-order valence-electron chi connectivity index (χ0n) is 17.2. The third-order valence-corrected chi connectivity index (χ3v) is 6.66. The van der Waals surface area contributed by atoms with Crippen molar-refractivity contribution in [2.45, 2.75) is 70.5 Å². The number of nitrogens with one attached hydrogen (secondary N) is 1. The summed E-state index contributed by atoms with van der Waals surface area (Å²) in [4.78, 5) is 26.4. The molecule has 2 aliphatic carbocycles. The highest BCUT2D eigenvalue weighted by molar-refractivity contribution is 7.17. The summed E-state index contributed by atoms with van der Waals surface area (Å²) in [5, 5.41) is 6.79. The van der Waals surface area contributed by atoms with Gasteiger partial charge in [-0.15, -0.1) is 11.3 Å². The number of alkyl halides is 3. The number of amides is 1. The van der Waals surface area contributed by atoms with Crippen LogP contribution in [0.3, 0.4) is 0 Å². The molecule has 1 fully saturated rings. The van der Waals surface area contributed by atoms with E-state index in [4.69, 9.17) is 4.74 Å². The smallest absolute Gasteiger partial charge is 0.435 e. The molecule has 6 nitrogen and oxygen atoms in total. The fraction of sp³-hybridized carbons (Fsp3) is 0.571. The third kappa shape index (κ3) is 4.78. The first kappa shape index (κ1) is 21.9. The van der Waals surface area contributed by atoms with Crippen molar-refractivity contribution < 1.29 is 27.5 Å². The van der Waals surface area contributed by atoms with Crippen LogP contribution >= 0.6 is 11.3 Å². The Morgan fingerprint density at radius 2 is 2.03 bits per heavy atom. The van der Waals surface area contributed by atoms with Gasteiger partial charge in [-0.05, 0) is 56.6 Å². The Kier molecular flexibility index (Phi) is 6.09. The molecular formula is C21H24F3N3O3S. The number of aryl methyl sites for hydroxylation is 1. The lowest BCUT2D eigenvalue weighted by Gasteiger charge is -2.13. The Hall–Kier alpha value is -2.36. The average molecular weight is 456 g/mol. The molecule has 31 heavy (non-hydrogen) atoms. The number of carbonyl (C=O) groups is 2. The fourth-order valence-corrected chi connectivity index (χ4v) is 5.14. The van der Waals surface area contributed by atoms with Crippen molar-refractivity contribution in [3.63, 3.8) is 0 Å². The first-order valence-corrected chi connectivity index (χ1v) is 11.4. The van der Waals surface area contributed by atoms with Gasteiger partial charge in [0, 0.05) is 16.5 Å². The molecule has 0 aromatic carbocycles. The Balaban J connectivity index is 1.56. The lowest BCUT2D eigenvalue weighted by atomic mass is 9.95. The lowest BCUT2D eigenvalue weighted by molar-refractivity contribution is -0.141. The lowest BCUT2D eigenvalue weighted by Crippen LogP contribution is -2.22. The number of rotatable bonds is 7. The van der Waals surface area contributed by atoms with E-state index in [1.54, 1.807) is 0 Å². The van der Waals surface area contributed by atoms with Gasteiger partial charge in [0.25, 0.3) is 0 Å². The van der Waals surface area contributed by atoms with Crippen molar-refractivity contribution in [2.75, 3.05) is 11.9 Å². The van der Waals surface area contributed by atoms with E-state index >= 15 is 0 Å². The molecule has 1 amide bonds. The van der Waals surface area contributed by atoms with Gasteiger partial charge in [0.05, 0.1) is 12.2 Å². The summed E-state index contributed by atoms with van der Waals surface area (Å²) in [5.74, 6) is -0.972. The maximum Gasteiger partial charge on any atom is 0.435 e. The van der Waals surface area contributed by atoms with Gasteiger partial charge in [-0.25, -0.2) is 4.79 Å². The van der Waals surface area contributed by atoms with Crippen LogP contribution in [-0.4, -0.2) is 28.3 Å². The fourth-order valence-electron chi connectivity index (χ4n) is 3.84. The van der Waals surface area contributed by atoms with Gasteiger partial charge >= 0.3 is 12.1 Å². The van der Waals surface area contributed by atoms with Crippen molar-refractivity contribution in [3.8, 4) is 0 Å². The molecule has 2 aromatic heterocycles. The largest absolute Gasteiger partial charge is 0.462 e. The molecule has 0 aliphatic heterocycles. The molecule has 168 valence electrons. The van der Waals surface area contributed by atoms with Crippen LogP contribution < -0.4 is 5.32 Å². The summed E-state index contributed by atoms with van der Waals surface area (Å²) in [6, 6.07) is 1.03. The van der Waals surface area contributed by atoms with E-state index < -0.39 is 23.7 Å². The minimum absolute atomic E-state index is 0.00466. The van der Waals surface area contributed by atoms with Crippen LogP contribution in [0.25, 0.3) is 0 Å². The topological polar surface area (TPSA) is 73.2 Å². The zero-order chi connectivity index (χ0) is 22.2. The number of aromatic nitrogens is 2. The van der Waals surface area contributed by atoms with Gasteiger partial charge in [-0.3, -0.25) is 9.48 Å². The highest BCUT2D eigenvalue weighted by Gasteiger charge is 2.38. The first-order chi connectivity index (χ1) is 14.8. The Morgan fingerprint density at radius 1 is 1.29 bits per heavy atom. The van der Waals surface area contributed by atoms with Gasteiger partial charge in [0.15, 0.2) is 5.69 Å². The first-order valence-electron chi connectivity index (χ1n) is 10.5. The van der Waals surface area contributed by atoms with Crippen LogP contribution in [0.2, 0.25) is 0 Å². The second-order valence-electron chi connectivity index (χ2n) is 7.98. The predicted octanol–water partition coefficient (Wildman–Crippen LogP) is 4.93. The second-order valence-corrected chi connectivity index (χ2v) is 9.09. The number of halogens is 3. The summed E-state index contributed by atoms with van der Waals surface area (Å²) in [6.45, 7) is 1.85. The molecule has 1 saturated carbocycles. The van der Waals surface area contributed by atoms with Crippen molar-refractivity contribution in [1.82, 2.24) is 9.78 Å². The van der Waals surface area contributed by atoms with E-state index in [2.05, 4.69) is 10.4 Å². The van der Waals surface area contributed by atoms with Crippen molar-refractivity contribution in [1.29, 1.82) is 0 Å². The summed E-state index contributed by atoms with van der Waals surface area (Å²) in [5.41, 5.74) is 0.748. The van der Waals surface area contributed by atoms with Crippen LogP contribution in [-0.2, 0) is 35.1 Å². The minimum atomic E-state index is -4.56. The van der Waals surface area contributed by atoms with E-state index in [1.807, 2.05) is 6.92 Å². The summed E-state index contributed by atoms with van der Waals surface area (Å²) < 4.78 is 45.7. The van der Waals surface area contributed by atoms with Crippen LogP contribution in [0.1, 0.15) is 77.1 Å². The Morgan fingerprint density at radius 3 is 2.71 bits per heavy atom. The predicted molar refractivity (Wildman–Crippen MR) is 109 cm³/mol. The van der Waals surface area contributed by atoms with Crippen LogP contribution in [0.4, 0.5) is 18.2 Å². The number of anilines is 1. The number of thiophene rings is 1. The Labute approximate surface area is 181 Å². The molecule has 2 aliphatic rings. The number of esters is 1. The van der Waals surface area contributed by atoms with Crippen molar-refractivity contribution >= 4 is 28.2 Å². The molecule has 10 heteroatoms. The van der Waals surface area contributed by atoms with Gasteiger partial charge in [0.1, 0.15) is 11.5 Å². The van der Waals surface area contributed by atoms with Gasteiger partial charge in [-0.1, -0.05) is 6.92 Å². The van der Waals surface area contributed by atoms with Gasteiger partial charge < -0.3 is 10.1 Å². The van der Waals surface area contributed by atoms with E-state index in [1.165, 1.54) is 11.3 Å². The van der Waals surface area contributed by atoms with Crippen molar-refractivity contribution in [2.24, 2.45) is 0 Å². The second kappa shape index (κ2) is 8.64. The number of carbonyl (C=O) groups excluding carboxylic acids is 2. The molecule has 0 unspecified atom stereocenters. The molecule has 2 heterocycles. The molecule has 0 saturated heterocycles. The molecular weight excluding hydrogens is 431 g/mol. The SMILES string of the molecule is CCCOC(=O)c1c(NC(=O)Cn2nc(C(F)(F)F)cc2C2CC2)sc2c1CCCC2. The van der Waals surface area contributed by atoms with Gasteiger partial charge in [0.2, 0.25) is 5.91 Å². The van der Waals surface area contributed by atoms with Crippen LogP contribution in [0, 0.1) is 0 Å².